The van der Waals surface area contributed by atoms with Crippen molar-refractivity contribution < 1.29 is 9.90 Å². The number of thioether (sulfide) groups is 1. The Labute approximate surface area is 95.4 Å². The normalized spacial score (nSPS) is 22.1. The lowest BCUT2D eigenvalue weighted by atomic mass is 10.2. The Morgan fingerprint density at radius 3 is 2.60 bits per heavy atom. The van der Waals surface area contributed by atoms with Gasteiger partial charge in [0.25, 0.3) is 0 Å². The molecule has 4 nitrogen and oxygen atoms in total. The maximum Gasteiger partial charge on any atom is 0.237 e. The van der Waals surface area contributed by atoms with Gasteiger partial charge < -0.3 is 10.4 Å². The van der Waals surface area contributed by atoms with E-state index in [0.717, 1.165) is 24.6 Å². The summed E-state index contributed by atoms with van der Waals surface area (Å²) in [5, 5.41) is 11.8. The van der Waals surface area contributed by atoms with E-state index in [2.05, 4.69) is 10.2 Å². The highest BCUT2D eigenvalue weighted by Gasteiger charge is 2.22. The van der Waals surface area contributed by atoms with Gasteiger partial charge in [-0.1, -0.05) is 0 Å². The Kier molecular flexibility index (Phi) is 5.42. The second-order valence-electron chi connectivity index (χ2n) is 3.92. The number of nitrogens with zero attached hydrogens (tertiary/aromatic N) is 1. The standard InChI is InChI=1S/C10H20N2O2S/c1-8(13)7-11-10(14)9(2)12-3-5-15-6-4-12/h8-9,13H,3-7H2,1-2H3,(H,11,14). The molecule has 5 heteroatoms. The number of amides is 1. The average Bonchev–Trinajstić information content (AvgIpc) is 2.26. The number of hydrogen-bond acceptors (Lipinski definition) is 4. The predicted octanol–water partition coefficient (Wildman–Crippen LogP) is -0.0793. The summed E-state index contributed by atoms with van der Waals surface area (Å²) in [6.45, 7) is 5.89. The van der Waals surface area contributed by atoms with E-state index in [1.807, 2.05) is 18.7 Å². The van der Waals surface area contributed by atoms with Crippen molar-refractivity contribution >= 4 is 17.7 Å². The third kappa shape index (κ3) is 4.40. The van der Waals surface area contributed by atoms with Crippen LogP contribution in [0.5, 0.6) is 0 Å². The lowest BCUT2D eigenvalue weighted by Crippen LogP contribution is -2.49. The smallest absolute Gasteiger partial charge is 0.237 e. The molecule has 1 aliphatic rings. The van der Waals surface area contributed by atoms with Crippen LogP contribution in [-0.2, 0) is 4.79 Å². The van der Waals surface area contributed by atoms with Crippen LogP contribution < -0.4 is 5.32 Å². The van der Waals surface area contributed by atoms with Crippen LogP contribution in [0, 0.1) is 0 Å². The second kappa shape index (κ2) is 6.35. The van der Waals surface area contributed by atoms with Gasteiger partial charge in [0.15, 0.2) is 0 Å². The lowest BCUT2D eigenvalue weighted by molar-refractivity contribution is -0.126. The van der Waals surface area contributed by atoms with E-state index < -0.39 is 6.10 Å². The number of carbonyl (C=O) groups is 1. The number of aliphatic hydroxyl groups excluding tert-OH is 1. The van der Waals surface area contributed by atoms with Gasteiger partial charge >= 0.3 is 0 Å². The van der Waals surface area contributed by atoms with Crippen molar-refractivity contribution in [3.8, 4) is 0 Å². The molecular formula is C10H20N2O2S. The number of rotatable bonds is 4. The van der Waals surface area contributed by atoms with Gasteiger partial charge in [-0.25, -0.2) is 0 Å². The molecule has 0 aromatic rings. The van der Waals surface area contributed by atoms with Crippen molar-refractivity contribution in [3.05, 3.63) is 0 Å². The summed E-state index contributed by atoms with van der Waals surface area (Å²) in [6, 6.07) is -0.0790. The second-order valence-corrected chi connectivity index (χ2v) is 5.14. The molecule has 0 aromatic heterocycles. The highest BCUT2D eigenvalue weighted by molar-refractivity contribution is 7.99. The molecule has 1 saturated heterocycles. The molecule has 2 unspecified atom stereocenters. The first kappa shape index (κ1) is 12.8. The first-order valence-corrected chi connectivity index (χ1v) is 6.54. The van der Waals surface area contributed by atoms with Crippen LogP contribution in [0.15, 0.2) is 0 Å². The fraction of sp³-hybridized carbons (Fsp3) is 0.900. The Hall–Kier alpha value is -0.260. The third-order valence-corrected chi connectivity index (χ3v) is 3.49. The zero-order chi connectivity index (χ0) is 11.3. The predicted molar refractivity (Wildman–Crippen MR) is 63.1 cm³/mol. The molecule has 0 saturated carbocycles. The highest BCUT2D eigenvalue weighted by atomic mass is 32.2. The molecule has 0 aromatic carbocycles. The van der Waals surface area contributed by atoms with Crippen molar-refractivity contribution in [1.82, 2.24) is 10.2 Å². The Morgan fingerprint density at radius 1 is 1.47 bits per heavy atom. The van der Waals surface area contributed by atoms with Gasteiger partial charge in [-0.05, 0) is 13.8 Å². The van der Waals surface area contributed by atoms with Crippen molar-refractivity contribution in [2.75, 3.05) is 31.1 Å². The summed E-state index contributed by atoms with van der Waals surface area (Å²) >= 11 is 1.93. The zero-order valence-electron chi connectivity index (χ0n) is 9.40. The SMILES string of the molecule is CC(O)CNC(=O)C(C)N1CCSCC1. The molecule has 2 N–H and O–H groups in total. The van der Waals surface area contributed by atoms with Crippen LogP contribution in [0.4, 0.5) is 0 Å². The van der Waals surface area contributed by atoms with E-state index >= 15 is 0 Å². The van der Waals surface area contributed by atoms with Gasteiger partial charge in [0.1, 0.15) is 0 Å². The topological polar surface area (TPSA) is 52.6 Å². The average molecular weight is 232 g/mol. The van der Waals surface area contributed by atoms with Crippen LogP contribution >= 0.6 is 11.8 Å². The lowest BCUT2D eigenvalue weighted by Gasteiger charge is -2.31. The van der Waals surface area contributed by atoms with E-state index in [0.29, 0.717) is 6.54 Å². The highest BCUT2D eigenvalue weighted by Crippen LogP contribution is 2.11. The first-order chi connectivity index (χ1) is 7.11. The van der Waals surface area contributed by atoms with Crippen molar-refractivity contribution in [2.24, 2.45) is 0 Å². The largest absolute Gasteiger partial charge is 0.392 e. The van der Waals surface area contributed by atoms with E-state index in [-0.39, 0.29) is 11.9 Å². The minimum atomic E-state index is -0.474. The molecule has 0 radical (unpaired) electrons. The van der Waals surface area contributed by atoms with Crippen molar-refractivity contribution in [1.29, 1.82) is 0 Å². The maximum atomic E-state index is 11.7. The fourth-order valence-electron chi connectivity index (χ4n) is 1.53. The maximum absolute atomic E-state index is 11.7. The first-order valence-electron chi connectivity index (χ1n) is 5.39. The van der Waals surface area contributed by atoms with Gasteiger partial charge in [-0.2, -0.15) is 11.8 Å². The van der Waals surface area contributed by atoms with E-state index in [1.165, 1.54) is 0 Å². The fourth-order valence-corrected chi connectivity index (χ4v) is 2.46. The molecule has 1 fully saturated rings. The van der Waals surface area contributed by atoms with Crippen LogP contribution in [-0.4, -0.2) is 59.2 Å². The van der Waals surface area contributed by atoms with Crippen LogP contribution in [0.2, 0.25) is 0 Å². The number of nitrogens with one attached hydrogen (secondary N) is 1. The van der Waals surface area contributed by atoms with E-state index in [4.69, 9.17) is 5.11 Å². The summed E-state index contributed by atoms with van der Waals surface area (Å²) in [5.74, 6) is 2.23. The van der Waals surface area contributed by atoms with Crippen LogP contribution in [0.3, 0.4) is 0 Å². The Balaban J connectivity index is 2.30. The molecular weight excluding hydrogens is 212 g/mol. The minimum Gasteiger partial charge on any atom is -0.392 e. The summed E-state index contributed by atoms with van der Waals surface area (Å²) < 4.78 is 0. The molecule has 0 aliphatic carbocycles. The van der Waals surface area contributed by atoms with Gasteiger partial charge in [0, 0.05) is 31.1 Å². The van der Waals surface area contributed by atoms with Crippen LogP contribution in [0.25, 0.3) is 0 Å². The van der Waals surface area contributed by atoms with Gasteiger partial charge in [-0.15, -0.1) is 0 Å². The number of carbonyl (C=O) groups excluding carboxylic acids is 1. The zero-order valence-corrected chi connectivity index (χ0v) is 10.2. The molecule has 15 heavy (non-hydrogen) atoms. The molecule has 1 amide bonds. The molecule has 1 aliphatic heterocycles. The molecule has 1 heterocycles. The summed E-state index contributed by atoms with van der Waals surface area (Å²) in [6.07, 6.45) is -0.474. The molecule has 0 bridgehead atoms. The number of aliphatic hydroxyl groups is 1. The van der Waals surface area contributed by atoms with Gasteiger partial charge in [0.2, 0.25) is 5.91 Å². The quantitative estimate of drug-likeness (QED) is 0.712. The van der Waals surface area contributed by atoms with Gasteiger partial charge in [0.05, 0.1) is 12.1 Å². The summed E-state index contributed by atoms with van der Waals surface area (Å²) in [7, 11) is 0. The van der Waals surface area contributed by atoms with Crippen LogP contribution in [0.1, 0.15) is 13.8 Å². The Morgan fingerprint density at radius 2 is 2.07 bits per heavy atom. The third-order valence-electron chi connectivity index (χ3n) is 2.54. The minimum absolute atomic E-state index is 0.0165. The molecule has 88 valence electrons. The van der Waals surface area contributed by atoms with Gasteiger partial charge in [-0.3, -0.25) is 9.69 Å². The molecule has 0 spiro atoms. The molecule has 1 rings (SSSR count). The monoisotopic (exact) mass is 232 g/mol. The van der Waals surface area contributed by atoms with E-state index in [1.54, 1.807) is 6.92 Å². The molecule has 2 atom stereocenters. The summed E-state index contributed by atoms with van der Waals surface area (Å²) in [4.78, 5) is 13.9. The van der Waals surface area contributed by atoms with Crippen molar-refractivity contribution in [3.63, 3.8) is 0 Å². The summed E-state index contributed by atoms with van der Waals surface area (Å²) in [5.41, 5.74) is 0. The Bertz CT molecular complexity index is 206. The number of hydrogen-bond donors (Lipinski definition) is 2. The van der Waals surface area contributed by atoms with Crippen molar-refractivity contribution in [2.45, 2.75) is 26.0 Å². The van der Waals surface area contributed by atoms with E-state index in [9.17, 15) is 4.79 Å².